The Hall–Kier alpha value is -2.94. The molecule has 35 heavy (non-hydrogen) atoms. The number of nitrogens with one attached hydrogen (secondary N) is 1. The second-order valence-corrected chi connectivity index (χ2v) is 9.32. The Balaban J connectivity index is 2.92. The lowest BCUT2D eigenvalue weighted by atomic mass is 10.0. The molecular weight excluding hydrogens is 454 g/mol. The summed E-state index contributed by atoms with van der Waals surface area (Å²) in [4.78, 5) is 48.4. The van der Waals surface area contributed by atoms with Crippen LogP contribution in [0.1, 0.15) is 59.9 Å². The normalized spacial score (nSPS) is 11.9. The summed E-state index contributed by atoms with van der Waals surface area (Å²) in [7, 11) is 1.28. The highest BCUT2D eigenvalue weighted by molar-refractivity contribution is 5.78. The van der Waals surface area contributed by atoms with Gasteiger partial charge in [-0.1, -0.05) is 47.6 Å². The van der Waals surface area contributed by atoms with Crippen LogP contribution in [0, 0.1) is 17.8 Å². The number of hydrogen-bond acceptors (Lipinski definition) is 9. The van der Waals surface area contributed by atoms with Crippen LogP contribution in [0.3, 0.4) is 0 Å². The summed E-state index contributed by atoms with van der Waals surface area (Å²) in [6, 6.07) is 4.04. The molecule has 9 nitrogen and oxygen atoms in total. The summed E-state index contributed by atoms with van der Waals surface area (Å²) in [5.41, 5.74) is 0.651. The average Bonchev–Trinajstić information content (AvgIpc) is 2.80. The zero-order valence-electron chi connectivity index (χ0n) is 21.8. The molecule has 0 saturated heterocycles. The molecule has 0 aliphatic rings. The van der Waals surface area contributed by atoms with Gasteiger partial charge in [-0.15, -0.1) is 0 Å². The largest absolute Gasteiger partial charge is 0.468 e. The molecule has 0 heterocycles. The number of methoxy groups -OCH3 is 1. The van der Waals surface area contributed by atoms with E-state index in [2.05, 4.69) is 5.32 Å². The van der Waals surface area contributed by atoms with Crippen molar-refractivity contribution in [3.05, 3.63) is 23.8 Å². The lowest BCUT2D eigenvalue weighted by Gasteiger charge is -2.18. The van der Waals surface area contributed by atoms with Crippen molar-refractivity contribution in [1.29, 1.82) is 0 Å². The van der Waals surface area contributed by atoms with Crippen molar-refractivity contribution in [3.8, 4) is 11.5 Å². The fourth-order valence-electron chi connectivity index (χ4n) is 2.79. The second kappa shape index (κ2) is 15.1. The zero-order valence-corrected chi connectivity index (χ0v) is 21.8. The molecule has 0 radical (unpaired) electrons. The van der Waals surface area contributed by atoms with Gasteiger partial charge >= 0.3 is 23.9 Å². The summed E-state index contributed by atoms with van der Waals surface area (Å²) >= 11 is 0. The van der Waals surface area contributed by atoms with Crippen LogP contribution in [0.4, 0.5) is 0 Å². The third-order valence-electron chi connectivity index (χ3n) is 4.98. The minimum atomic E-state index is -0.730. The Morgan fingerprint density at radius 2 is 1.46 bits per heavy atom. The number of rotatable bonds is 14. The molecule has 1 rings (SSSR count). The van der Waals surface area contributed by atoms with Crippen molar-refractivity contribution in [2.24, 2.45) is 17.8 Å². The van der Waals surface area contributed by atoms with Crippen molar-refractivity contribution in [2.45, 2.75) is 66.8 Å². The molecule has 0 fully saturated rings. The van der Waals surface area contributed by atoms with Gasteiger partial charge in [0.2, 0.25) is 0 Å². The van der Waals surface area contributed by atoms with Crippen LogP contribution >= 0.6 is 0 Å². The number of esters is 4. The Morgan fingerprint density at radius 3 is 2.00 bits per heavy atom. The quantitative estimate of drug-likeness (QED) is 0.236. The summed E-state index contributed by atoms with van der Waals surface area (Å²) in [6.07, 6.45) is 1.31. The fraction of sp³-hybridized carbons (Fsp3) is 0.615. The number of hydrogen-bond donors (Lipinski definition) is 1. The van der Waals surface area contributed by atoms with Gasteiger partial charge in [0.05, 0.1) is 18.9 Å². The molecule has 9 heteroatoms. The molecule has 0 unspecified atom stereocenters. The fourth-order valence-corrected chi connectivity index (χ4v) is 2.79. The predicted molar refractivity (Wildman–Crippen MR) is 130 cm³/mol. The van der Waals surface area contributed by atoms with Crippen LogP contribution < -0.4 is 14.8 Å². The molecule has 1 aromatic rings. The number of carbonyl (C=O) groups excluding carboxylic acids is 4. The lowest BCUT2D eigenvalue weighted by Crippen LogP contribution is -2.41. The highest BCUT2D eigenvalue weighted by atomic mass is 16.6. The monoisotopic (exact) mass is 493 g/mol. The van der Waals surface area contributed by atoms with Gasteiger partial charge in [-0.3, -0.25) is 19.2 Å². The molecule has 1 atom stereocenters. The van der Waals surface area contributed by atoms with Crippen LogP contribution in [-0.4, -0.2) is 50.2 Å². The molecule has 0 aliphatic heterocycles. The number of benzene rings is 1. The first-order valence-electron chi connectivity index (χ1n) is 12.0. The highest BCUT2D eigenvalue weighted by Gasteiger charge is 2.22. The standard InChI is InChI=1S/C26H39NO8/c1-16(2)8-11-23(28)33-13-12-27-20(26(31)32-7)14-19-9-10-21(34-24(29)17(3)4)22(15-19)35-25(30)18(5)6/h9-10,15-18,20,27H,8,11-14H2,1-7H3/t20-/m0/s1. The van der Waals surface area contributed by atoms with Gasteiger partial charge in [0.15, 0.2) is 11.5 Å². The van der Waals surface area contributed by atoms with Crippen molar-refractivity contribution in [1.82, 2.24) is 5.32 Å². The van der Waals surface area contributed by atoms with Crippen LogP contribution in [0.25, 0.3) is 0 Å². The maximum atomic E-state index is 12.3. The Morgan fingerprint density at radius 1 is 0.857 bits per heavy atom. The van der Waals surface area contributed by atoms with Crippen molar-refractivity contribution >= 4 is 23.9 Å². The molecular formula is C26H39NO8. The van der Waals surface area contributed by atoms with E-state index >= 15 is 0 Å². The summed E-state index contributed by atoms with van der Waals surface area (Å²) in [5, 5.41) is 3.03. The highest BCUT2D eigenvalue weighted by Crippen LogP contribution is 2.30. The summed E-state index contributed by atoms with van der Waals surface area (Å²) in [6.45, 7) is 11.2. The van der Waals surface area contributed by atoms with E-state index in [0.29, 0.717) is 17.9 Å². The predicted octanol–water partition coefficient (Wildman–Crippen LogP) is 3.46. The minimum absolute atomic E-state index is 0.0953. The second-order valence-electron chi connectivity index (χ2n) is 9.32. The zero-order chi connectivity index (χ0) is 26.5. The maximum absolute atomic E-state index is 12.3. The van der Waals surface area contributed by atoms with Crippen LogP contribution in [0.15, 0.2) is 18.2 Å². The third-order valence-corrected chi connectivity index (χ3v) is 4.98. The molecule has 0 spiro atoms. The molecule has 0 saturated carbocycles. The molecule has 1 N–H and O–H groups in total. The van der Waals surface area contributed by atoms with Gasteiger partial charge in [0.1, 0.15) is 12.6 Å². The van der Waals surface area contributed by atoms with Gasteiger partial charge in [-0.05, 0) is 36.5 Å². The van der Waals surface area contributed by atoms with E-state index in [1.165, 1.54) is 13.2 Å². The van der Waals surface area contributed by atoms with E-state index in [1.807, 2.05) is 13.8 Å². The van der Waals surface area contributed by atoms with Crippen molar-refractivity contribution in [3.63, 3.8) is 0 Å². The SMILES string of the molecule is COC(=O)[C@H](Cc1ccc(OC(=O)C(C)C)c(OC(=O)C(C)C)c1)NCCOC(=O)CCC(C)C. The molecule has 0 amide bonds. The number of carbonyl (C=O) groups is 4. The van der Waals surface area contributed by atoms with Gasteiger partial charge in [0.25, 0.3) is 0 Å². The third kappa shape index (κ3) is 11.4. The number of ether oxygens (including phenoxy) is 4. The molecule has 196 valence electrons. The maximum Gasteiger partial charge on any atom is 0.323 e. The summed E-state index contributed by atoms with van der Waals surface area (Å²) in [5.74, 6) is -1.84. The molecule has 0 aliphatic carbocycles. The van der Waals surface area contributed by atoms with Crippen LogP contribution in [-0.2, 0) is 35.1 Å². The minimum Gasteiger partial charge on any atom is -0.468 e. The molecule has 0 aromatic heterocycles. The molecule has 0 bridgehead atoms. The van der Waals surface area contributed by atoms with Gasteiger partial charge < -0.3 is 24.3 Å². The van der Waals surface area contributed by atoms with E-state index in [-0.39, 0.29) is 48.9 Å². The first-order chi connectivity index (χ1) is 16.4. The Labute approximate surface area is 207 Å². The van der Waals surface area contributed by atoms with E-state index in [1.54, 1.807) is 39.8 Å². The van der Waals surface area contributed by atoms with Crippen LogP contribution in [0.2, 0.25) is 0 Å². The van der Waals surface area contributed by atoms with Crippen LogP contribution in [0.5, 0.6) is 11.5 Å². The van der Waals surface area contributed by atoms with E-state index in [9.17, 15) is 19.2 Å². The van der Waals surface area contributed by atoms with Gasteiger partial charge in [-0.2, -0.15) is 0 Å². The Bertz CT molecular complexity index is 863. The van der Waals surface area contributed by atoms with E-state index < -0.39 is 23.9 Å². The van der Waals surface area contributed by atoms with Gasteiger partial charge in [0, 0.05) is 13.0 Å². The van der Waals surface area contributed by atoms with Gasteiger partial charge in [-0.25, -0.2) is 0 Å². The van der Waals surface area contributed by atoms with Crippen molar-refractivity contribution in [2.75, 3.05) is 20.3 Å². The Kier molecular flexibility index (Phi) is 13.0. The lowest BCUT2D eigenvalue weighted by molar-refractivity contribution is -0.144. The first kappa shape index (κ1) is 30.1. The average molecular weight is 494 g/mol. The smallest absolute Gasteiger partial charge is 0.323 e. The van der Waals surface area contributed by atoms with E-state index in [0.717, 1.165) is 6.42 Å². The first-order valence-corrected chi connectivity index (χ1v) is 12.0. The van der Waals surface area contributed by atoms with E-state index in [4.69, 9.17) is 18.9 Å². The van der Waals surface area contributed by atoms with Crippen molar-refractivity contribution < 1.29 is 38.1 Å². The topological polar surface area (TPSA) is 117 Å². The molecule has 1 aromatic carbocycles. The summed E-state index contributed by atoms with van der Waals surface area (Å²) < 4.78 is 20.9.